The third kappa shape index (κ3) is 2.67. The summed E-state index contributed by atoms with van der Waals surface area (Å²) in [5, 5.41) is 0. The summed E-state index contributed by atoms with van der Waals surface area (Å²) in [5.74, 6) is -0.302. The predicted molar refractivity (Wildman–Crippen MR) is 69.1 cm³/mol. The average molecular weight is 321 g/mol. The van der Waals surface area contributed by atoms with Gasteiger partial charge in [0.15, 0.2) is 0 Å². The molecule has 0 aromatic carbocycles. The number of amides is 3. The summed E-state index contributed by atoms with van der Waals surface area (Å²) in [5.41, 5.74) is 0. The Kier molecular flexibility index (Phi) is 3.80. The fourth-order valence-corrected chi connectivity index (χ4v) is 3.56. The third-order valence-corrected chi connectivity index (χ3v) is 4.59. The van der Waals surface area contributed by atoms with Gasteiger partial charge in [0, 0.05) is 33.2 Å². The quantitative estimate of drug-likeness (QED) is 0.717. The highest BCUT2D eigenvalue weighted by atomic mass is 19.4. The van der Waals surface area contributed by atoms with Crippen molar-refractivity contribution in [2.75, 3.05) is 33.3 Å². The van der Waals surface area contributed by atoms with E-state index in [1.54, 1.807) is 0 Å². The standard InChI is InChI=1S/C13H18F3N3O3/c1-22-9-4-10-11(20)19(12(21)18(10)6-9)8-2-3-17(5-8)7-13(14,15)16/h8-10H,2-7H2,1H3/t8-,9-,10+/m1/s1. The second-order valence-corrected chi connectivity index (χ2v) is 6.05. The lowest BCUT2D eigenvalue weighted by Gasteiger charge is -2.24. The number of methoxy groups -OCH3 is 1. The Hall–Kier alpha value is -1.35. The summed E-state index contributed by atoms with van der Waals surface area (Å²) in [4.78, 5) is 28.7. The third-order valence-electron chi connectivity index (χ3n) is 4.59. The fraction of sp³-hybridized carbons (Fsp3) is 0.846. The zero-order valence-electron chi connectivity index (χ0n) is 12.2. The molecule has 0 bridgehead atoms. The van der Waals surface area contributed by atoms with Crippen molar-refractivity contribution in [2.24, 2.45) is 0 Å². The maximum Gasteiger partial charge on any atom is 0.401 e. The number of hydrogen-bond donors (Lipinski definition) is 0. The molecule has 0 aliphatic carbocycles. The second-order valence-electron chi connectivity index (χ2n) is 6.05. The molecule has 0 saturated carbocycles. The van der Waals surface area contributed by atoms with E-state index < -0.39 is 30.8 Å². The van der Waals surface area contributed by atoms with Gasteiger partial charge in [-0.3, -0.25) is 14.6 Å². The van der Waals surface area contributed by atoms with Gasteiger partial charge in [0.25, 0.3) is 5.91 Å². The minimum atomic E-state index is -4.26. The number of fused-ring (bicyclic) bond motifs is 1. The molecule has 3 amide bonds. The fourth-order valence-electron chi connectivity index (χ4n) is 3.56. The van der Waals surface area contributed by atoms with Crippen LogP contribution in [0.2, 0.25) is 0 Å². The number of alkyl halides is 3. The van der Waals surface area contributed by atoms with Crippen LogP contribution in [0.4, 0.5) is 18.0 Å². The molecule has 22 heavy (non-hydrogen) atoms. The van der Waals surface area contributed by atoms with Crippen molar-refractivity contribution in [1.29, 1.82) is 0 Å². The molecule has 3 aliphatic heterocycles. The van der Waals surface area contributed by atoms with E-state index in [4.69, 9.17) is 4.74 Å². The van der Waals surface area contributed by atoms with E-state index in [0.29, 0.717) is 19.4 Å². The molecule has 3 saturated heterocycles. The molecule has 6 nitrogen and oxygen atoms in total. The minimum Gasteiger partial charge on any atom is -0.380 e. The van der Waals surface area contributed by atoms with Crippen molar-refractivity contribution in [3.05, 3.63) is 0 Å². The normalized spacial score (nSPS) is 33.2. The Labute approximate surface area is 125 Å². The highest BCUT2D eigenvalue weighted by molar-refractivity contribution is 6.05. The first-order valence-corrected chi connectivity index (χ1v) is 7.25. The first kappa shape index (κ1) is 15.5. The molecule has 0 aromatic rings. The van der Waals surface area contributed by atoms with E-state index in [1.807, 2.05) is 0 Å². The number of urea groups is 1. The van der Waals surface area contributed by atoms with Gasteiger partial charge >= 0.3 is 12.2 Å². The monoisotopic (exact) mass is 321 g/mol. The molecule has 3 rings (SSSR count). The SMILES string of the molecule is CO[C@@H]1C[C@H]2C(=O)N([C@@H]3CCN(CC(F)(F)F)C3)C(=O)N2C1. The maximum atomic E-state index is 12.4. The molecule has 0 unspecified atom stereocenters. The van der Waals surface area contributed by atoms with Crippen LogP contribution in [0.1, 0.15) is 12.8 Å². The number of carbonyl (C=O) groups is 2. The summed E-state index contributed by atoms with van der Waals surface area (Å²) in [7, 11) is 1.53. The number of hydrogen-bond acceptors (Lipinski definition) is 4. The smallest absolute Gasteiger partial charge is 0.380 e. The van der Waals surface area contributed by atoms with Crippen LogP contribution in [0.5, 0.6) is 0 Å². The van der Waals surface area contributed by atoms with E-state index in [-0.39, 0.29) is 25.1 Å². The molecule has 0 aromatic heterocycles. The topological polar surface area (TPSA) is 53.1 Å². The number of nitrogens with zero attached hydrogens (tertiary/aromatic N) is 3. The molecule has 3 heterocycles. The number of halogens is 3. The van der Waals surface area contributed by atoms with Crippen molar-refractivity contribution in [2.45, 2.75) is 37.2 Å². The number of likely N-dealkylation sites (tertiary alicyclic amines) is 1. The summed E-state index contributed by atoms with van der Waals surface area (Å²) in [6, 6.07) is -1.38. The number of imide groups is 1. The first-order chi connectivity index (χ1) is 10.3. The summed E-state index contributed by atoms with van der Waals surface area (Å²) in [6.45, 7) is -0.308. The highest BCUT2D eigenvalue weighted by Gasteiger charge is 2.53. The number of rotatable bonds is 3. The zero-order chi connectivity index (χ0) is 16.1. The van der Waals surface area contributed by atoms with Gasteiger partial charge in [0.05, 0.1) is 18.7 Å². The van der Waals surface area contributed by atoms with Gasteiger partial charge in [-0.05, 0) is 6.42 Å². The van der Waals surface area contributed by atoms with Crippen LogP contribution < -0.4 is 0 Å². The molecule has 0 radical (unpaired) electrons. The van der Waals surface area contributed by atoms with Gasteiger partial charge in [-0.1, -0.05) is 0 Å². The first-order valence-electron chi connectivity index (χ1n) is 7.25. The summed E-state index contributed by atoms with van der Waals surface area (Å²) in [6.07, 6.45) is -3.57. The van der Waals surface area contributed by atoms with Crippen LogP contribution in [0.25, 0.3) is 0 Å². The van der Waals surface area contributed by atoms with Crippen LogP contribution >= 0.6 is 0 Å². The molecule has 0 N–H and O–H groups in total. The highest BCUT2D eigenvalue weighted by Crippen LogP contribution is 2.32. The van der Waals surface area contributed by atoms with E-state index >= 15 is 0 Å². The Morgan fingerprint density at radius 1 is 1.27 bits per heavy atom. The lowest BCUT2D eigenvalue weighted by Crippen LogP contribution is -2.44. The van der Waals surface area contributed by atoms with Gasteiger partial charge < -0.3 is 9.64 Å². The van der Waals surface area contributed by atoms with E-state index in [9.17, 15) is 22.8 Å². The molecule has 3 atom stereocenters. The maximum absolute atomic E-state index is 12.4. The lowest BCUT2D eigenvalue weighted by atomic mass is 10.1. The molecule has 124 valence electrons. The Balaban J connectivity index is 1.65. The van der Waals surface area contributed by atoms with Crippen molar-refractivity contribution in [3.8, 4) is 0 Å². The van der Waals surface area contributed by atoms with Gasteiger partial charge in [0.2, 0.25) is 0 Å². The van der Waals surface area contributed by atoms with Gasteiger partial charge in [-0.2, -0.15) is 13.2 Å². The molecule has 3 fully saturated rings. The molecule has 0 spiro atoms. The lowest BCUT2D eigenvalue weighted by molar-refractivity contribution is -0.143. The second kappa shape index (κ2) is 5.38. The molecular formula is C13H18F3N3O3. The molecule has 3 aliphatic rings. The van der Waals surface area contributed by atoms with E-state index in [1.165, 1.54) is 16.9 Å². The van der Waals surface area contributed by atoms with Crippen LogP contribution in [0.3, 0.4) is 0 Å². The Morgan fingerprint density at radius 2 is 2.00 bits per heavy atom. The minimum absolute atomic E-state index is 0.0885. The largest absolute Gasteiger partial charge is 0.401 e. The summed E-state index contributed by atoms with van der Waals surface area (Å²) < 4.78 is 42.5. The van der Waals surface area contributed by atoms with Crippen molar-refractivity contribution >= 4 is 11.9 Å². The predicted octanol–water partition coefficient (Wildman–Crippen LogP) is 0.674. The zero-order valence-corrected chi connectivity index (χ0v) is 12.2. The van der Waals surface area contributed by atoms with Crippen molar-refractivity contribution in [1.82, 2.24) is 14.7 Å². The van der Waals surface area contributed by atoms with Gasteiger partial charge in [-0.25, -0.2) is 4.79 Å². The van der Waals surface area contributed by atoms with Crippen LogP contribution in [0.15, 0.2) is 0 Å². The molecular weight excluding hydrogens is 303 g/mol. The van der Waals surface area contributed by atoms with Crippen LogP contribution in [-0.4, -0.2) is 84.3 Å². The van der Waals surface area contributed by atoms with Crippen LogP contribution in [0, 0.1) is 0 Å². The summed E-state index contributed by atoms with van der Waals surface area (Å²) >= 11 is 0. The average Bonchev–Trinajstić information content (AvgIpc) is 3.07. The van der Waals surface area contributed by atoms with E-state index in [2.05, 4.69) is 0 Å². The Morgan fingerprint density at radius 3 is 2.59 bits per heavy atom. The van der Waals surface area contributed by atoms with Gasteiger partial charge in [0.1, 0.15) is 6.04 Å². The Bertz CT molecular complexity index is 461. The van der Waals surface area contributed by atoms with Gasteiger partial charge in [-0.15, -0.1) is 0 Å². The molecule has 9 heteroatoms. The van der Waals surface area contributed by atoms with Crippen LogP contribution in [-0.2, 0) is 9.53 Å². The van der Waals surface area contributed by atoms with Crippen molar-refractivity contribution < 1.29 is 27.5 Å². The van der Waals surface area contributed by atoms with Crippen molar-refractivity contribution in [3.63, 3.8) is 0 Å². The number of carbonyl (C=O) groups excluding carboxylic acids is 2. The van der Waals surface area contributed by atoms with E-state index in [0.717, 1.165) is 4.90 Å². The number of ether oxygens (including phenoxy) is 1.